The van der Waals surface area contributed by atoms with Gasteiger partial charge in [-0.05, 0) is 26.7 Å². The zero-order chi connectivity index (χ0) is 12.5. The molecule has 0 bridgehead atoms. The number of carboxylic acids is 1. The van der Waals surface area contributed by atoms with Gasteiger partial charge >= 0.3 is 5.97 Å². The van der Waals surface area contributed by atoms with Gasteiger partial charge in [-0.1, -0.05) is 12.8 Å². The molecule has 2 aliphatic rings. The molecule has 0 amide bonds. The first kappa shape index (κ1) is 12.8. The van der Waals surface area contributed by atoms with E-state index >= 15 is 0 Å². The predicted octanol–water partition coefficient (Wildman–Crippen LogP) is 1.74. The molecule has 0 radical (unpaired) electrons. The second-order valence-electron chi connectivity index (χ2n) is 5.92. The zero-order valence-corrected chi connectivity index (χ0v) is 10.8. The van der Waals surface area contributed by atoms with E-state index in [-0.39, 0.29) is 0 Å². The second kappa shape index (κ2) is 4.94. The van der Waals surface area contributed by atoms with E-state index in [1.54, 1.807) is 0 Å². The van der Waals surface area contributed by atoms with E-state index in [0.29, 0.717) is 18.7 Å². The molecule has 1 saturated carbocycles. The molecular formula is C13H23NO3. The highest BCUT2D eigenvalue weighted by molar-refractivity contribution is 5.73. The fourth-order valence-electron chi connectivity index (χ4n) is 2.95. The molecule has 2 fully saturated rings. The third kappa shape index (κ3) is 2.80. The van der Waals surface area contributed by atoms with E-state index in [2.05, 4.69) is 4.90 Å². The van der Waals surface area contributed by atoms with Crippen molar-refractivity contribution in [3.63, 3.8) is 0 Å². The predicted molar refractivity (Wildman–Crippen MR) is 65.0 cm³/mol. The van der Waals surface area contributed by atoms with Gasteiger partial charge in [0.15, 0.2) is 0 Å². The van der Waals surface area contributed by atoms with Crippen LogP contribution in [0.4, 0.5) is 0 Å². The van der Waals surface area contributed by atoms with Crippen LogP contribution >= 0.6 is 0 Å². The number of hydrogen-bond acceptors (Lipinski definition) is 3. The molecule has 2 atom stereocenters. The van der Waals surface area contributed by atoms with Gasteiger partial charge in [0.2, 0.25) is 0 Å². The Balaban J connectivity index is 2.01. The average molecular weight is 241 g/mol. The van der Waals surface area contributed by atoms with Crippen LogP contribution < -0.4 is 0 Å². The van der Waals surface area contributed by atoms with Crippen molar-refractivity contribution in [1.82, 2.24) is 4.90 Å². The molecule has 0 aromatic heterocycles. The van der Waals surface area contributed by atoms with Crippen molar-refractivity contribution in [3.8, 4) is 0 Å². The summed E-state index contributed by atoms with van der Waals surface area (Å²) in [4.78, 5) is 13.5. The molecule has 1 N–H and O–H groups in total. The monoisotopic (exact) mass is 241 g/mol. The van der Waals surface area contributed by atoms with E-state index in [4.69, 9.17) is 4.74 Å². The number of hydrogen-bond donors (Lipinski definition) is 1. The van der Waals surface area contributed by atoms with Crippen LogP contribution in [0, 0.1) is 5.41 Å². The normalized spacial score (nSPS) is 30.9. The largest absolute Gasteiger partial charge is 0.481 e. The lowest BCUT2D eigenvalue weighted by atomic mass is 9.87. The van der Waals surface area contributed by atoms with Crippen molar-refractivity contribution in [1.29, 1.82) is 0 Å². The van der Waals surface area contributed by atoms with Crippen molar-refractivity contribution < 1.29 is 14.6 Å². The van der Waals surface area contributed by atoms with Crippen LogP contribution in [0.3, 0.4) is 0 Å². The summed E-state index contributed by atoms with van der Waals surface area (Å²) in [6.07, 6.45) is 5.11. The number of nitrogens with zero attached hydrogens (tertiary/aromatic N) is 1. The van der Waals surface area contributed by atoms with Gasteiger partial charge in [0.25, 0.3) is 0 Å². The van der Waals surface area contributed by atoms with Crippen molar-refractivity contribution in [2.75, 3.05) is 19.7 Å². The number of carbonyl (C=O) groups is 1. The Morgan fingerprint density at radius 1 is 1.41 bits per heavy atom. The highest BCUT2D eigenvalue weighted by Crippen LogP contribution is 2.30. The van der Waals surface area contributed by atoms with Gasteiger partial charge < -0.3 is 9.84 Å². The maximum Gasteiger partial charge on any atom is 0.310 e. The lowest BCUT2D eigenvalue weighted by Crippen LogP contribution is -2.55. The minimum atomic E-state index is -0.712. The van der Waals surface area contributed by atoms with Gasteiger partial charge in [-0.3, -0.25) is 9.69 Å². The van der Waals surface area contributed by atoms with E-state index in [9.17, 15) is 9.90 Å². The summed E-state index contributed by atoms with van der Waals surface area (Å²) in [6.45, 7) is 5.87. The first-order valence-corrected chi connectivity index (χ1v) is 6.60. The molecule has 1 saturated heterocycles. The Labute approximate surface area is 103 Å². The molecule has 1 aliphatic carbocycles. The Morgan fingerprint density at radius 3 is 2.82 bits per heavy atom. The van der Waals surface area contributed by atoms with Gasteiger partial charge in [0.1, 0.15) is 0 Å². The molecule has 2 unspecified atom stereocenters. The third-order valence-corrected chi connectivity index (χ3v) is 4.02. The smallest absolute Gasteiger partial charge is 0.310 e. The van der Waals surface area contributed by atoms with Crippen LogP contribution in [-0.4, -0.2) is 47.8 Å². The Hall–Kier alpha value is -0.610. The molecule has 98 valence electrons. The van der Waals surface area contributed by atoms with Crippen LogP contribution in [0.1, 0.15) is 39.5 Å². The van der Waals surface area contributed by atoms with E-state index < -0.39 is 11.4 Å². The molecule has 1 aliphatic heterocycles. The molecular weight excluding hydrogens is 218 g/mol. The fraction of sp³-hybridized carbons (Fsp3) is 0.923. The summed E-state index contributed by atoms with van der Waals surface area (Å²) in [5, 5.41) is 9.21. The quantitative estimate of drug-likeness (QED) is 0.817. The standard InChI is InChI=1S/C13H23NO3/c1-13(2,12(15)16)9-14-7-8-17-11-6-4-3-5-10(11)14/h10-11H,3-9H2,1-2H3,(H,15,16). The Morgan fingerprint density at radius 2 is 2.12 bits per heavy atom. The summed E-state index contributed by atoms with van der Waals surface area (Å²) < 4.78 is 5.80. The zero-order valence-electron chi connectivity index (χ0n) is 10.8. The maximum absolute atomic E-state index is 11.2. The molecule has 0 aromatic rings. The molecule has 0 spiro atoms. The van der Waals surface area contributed by atoms with Gasteiger partial charge in [0.05, 0.1) is 18.1 Å². The highest BCUT2D eigenvalue weighted by atomic mass is 16.5. The van der Waals surface area contributed by atoms with Crippen LogP contribution in [0.5, 0.6) is 0 Å². The van der Waals surface area contributed by atoms with Crippen LogP contribution in [0.15, 0.2) is 0 Å². The number of fused-ring (bicyclic) bond motifs is 1. The number of carboxylic acid groups (broad SMARTS) is 1. The minimum Gasteiger partial charge on any atom is -0.481 e. The van der Waals surface area contributed by atoms with Crippen molar-refractivity contribution >= 4 is 5.97 Å². The number of ether oxygens (including phenoxy) is 1. The van der Waals surface area contributed by atoms with Gasteiger partial charge in [-0.2, -0.15) is 0 Å². The molecule has 17 heavy (non-hydrogen) atoms. The van der Waals surface area contributed by atoms with Crippen LogP contribution in [0.25, 0.3) is 0 Å². The summed E-state index contributed by atoms with van der Waals surface area (Å²) in [5.74, 6) is -0.712. The van der Waals surface area contributed by atoms with Gasteiger partial charge in [0, 0.05) is 19.1 Å². The summed E-state index contributed by atoms with van der Waals surface area (Å²) >= 11 is 0. The van der Waals surface area contributed by atoms with E-state index in [0.717, 1.165) is 26.0 Å². The van der Waals surface area contributed by atoms with E-state index in [1.807, 2.05) is 13.8 Å². The Kier molecular flexibility index (Phi) is 3.73. The molecule has 4 heteroatoms. The summed E-state index contributed by atoms with van der Waals surface area (Å²) in [5.41, 5.74) is -0.667. The maximum atomic E-state index is 11.2. The topological polar surface area (TPSA) is 49.8 Å². The lowest BCUT2D eigenvalue weighted by molar-refractivity contribution is -0.151. The van der Waals surface area contributed by atoms with Crippen molar-refractivity contribution in [3.05, 3.63) is 0 Å². The SMILES string of the molecule is CC(C)(CN1CCOC2CCCCC21)C(=O)O. The third-order valence-electron chi connectivity index (χ3n) is 4.02. The van der Waals surface area contributed by atoms with E-state index in [1.165, 1.54) is 12.8 Å². The highest BCUT2D eigenvalue weighted by Gasteiger charge is 2.38. The first-order chi connectivity index (χ1) is 8.00. The fourth-order valence-corrected chi connectivity index (χ4v) is 2.95. The van der Waals surface area contributed by atoms with Crippen LogP contribution in [0.2, 0.25) is 0 Å². The van der Waals surface area contributed by atoms with Crippen molar-refractivity contribution in [2.45, 2.75) is 51.7 Å². The minimum absolute atomic E-state index is 0.335. The molecule has 4 nitrogen and oxygen atoms in total. The summed E-state index contributed by atoms with van der Waals surface area (Å²) in [6, 6.07) is 0.441. The molecule has 0 aromatic carbocycles. The first-order valence-electron chi connectivity index (χ1n) is 6.60. The second-order valence-corrected chi connectivity index (χ2v) is 5.92. The van der Waals surface area contributed by atoms with Gasteiger partial charge in [-0.25, -0.2) is 0 Å². The molecule has 2 rings (SSSR count). The lowest BCUT2D eigenvalue weighted by Gasteiger charge is -2.45. The Bertz CT molecular complexity index is 288. The average Bonchev–Trinajstić information content (AvgIpc) is 2.29. The number of aliphatic carboxylic acids is 1. The van der Waals surface area contributed by atoms with Crippen molar-refractivity contribution in [2.24, 2.45) is 5.41 Å². The summed E-state index contributed by atoms with van der Waals surface area (Å²) in [7, 11) is 0. The van der Waals surface area contributed by atoms with Crippen LogP contribution in [-0.2, 0) is 9.53 Å². The molecule has 1 heterocycles. The van der Waals surface area contributed by atoms with Gasteiger partial charge in [-0.15, -0.1) is 0 Å². The number of rotatable bonds is 3. The number of morpholine rings is 1.